The number of aromatic nitrogens is 1. The van der Waals surface area contributed by atoms with Crippen molar-refractivity contribution in [2.24, 2.45) is 0 Å². The van der Waals surface area contributed by atoms with Gasteiger partial charge in [0.2, 0.25) is 0 Å². The maximum absolute atomic E-state index is 13.0. The number of carbonyl (C=O) groups is 1. The Hall–Kier alpha value is -3.08. The van der Waals surface area contributed by atoms with Gasteiger partial charge in [-0.25, -0.2) is 4.98 Å². The zero-order valence-electron chi connectivity index (χ0n) is 18.8. The fraction of sp³-hybridized carbons (Fsp3) is 0.407. The molecular formula is C27H31N3O2. The van der Waals surface area contributed by atoms with Crippen molar-refractivity contribution >= 4 is 28.3 Å². The Morgan fingerprint density at radius 3 is 2.84 bits per heavy atom. The van der Waals surface area contributed by atoms with Crippen LogP contribution in [0.4, 0.5) is 11.5 Å². The highest BCUT2D eigenvalue weighted by atomic mass is 16.5. The number of benzene rings is 2. The van der Waals surface area contributed by atoms with Gasteiger partial charge in [-0.2, -0.15) is 0 Å². The van der Waals surface area contributed by atoms with Crippen molar-refractivity contribution in [2.45, 2.75) is 51.5 Å². The number of pyridine rings is 1. The molecule has 1 aromatic heterocycles. The lowest BCUT2D eigenvalue weighted by Gasteiger charge is -2.36. The van der Waals surface area contributed by atoms with Gasteiger partial charge in [0.15, 0.2) is 6.61 Å². The fourth-order valence-electron chi connectivity index (χ4n) is 5.12. The predicted molar refractivity (Wildman–Crippen MR) is 130 cm³/mol. The van der Waals surface area contributed by atoms with Gasteiger partial charge in [-0.3, -0.25) is 4.79 Å². The highest BCUT2D eigenvalue weighted by Crippen LogP contribution is 2.31. The molecule has 0 bridgehead atoms. The molecule has 0 radical (unpaired) electrons. The maximum Gasteiger partial charge on any atom is 0.264 e. The number of rotatable bonds is 5. The number of carbonyl (C=O) groups excluding carboxylic acids is 1. The smallest absolute Gasteiger partial charge is 0.264 e. The quantitative estimate of drug-likeness (QED) is 0.548. The number of hydrogen-bond acceptors (Lipinski definition) is 4. The van der Waals surface area contributed by atoms with Gasteiger partial charge >= 0.3 is 0 Å². The molecule has 2 aliphatic rings. The SMILES string of the molecule is CCC1CCCCN1c1ccc2cccc(OCC(=O)N3CCCc4ccccc43)c2n1. The summed E-state index contributed by atoms with van der Waals surface area (Å²) in [6.45, 7) is 4.06. The van der Waals surface area contributed by atoms with Crippen molar-refractivity contribution in [3.63, 3.8) is 0 Å². The summed E-state index contributed by atoms with van der Waals surface area (Å²) in [5, 5.41) is 1.03. The van der Waals surface area contributed by atoms with Gasteiger partial charge in [0.25, 0.3) is 5.91 Å². The summed E-state index contributed by atoms with van der Waals surface area (Å²) in [7, 11) is 0. The first-order valence-electron chi connectivity index (χ1n) is 11.9. The molecule has 0 N–H and O–H groups in total. The van der Waals surface area contributed by atoms with Gasteiger partial charge in [0, 0.05) is 30.2 Å². The molecule has 1 saturated heterocycles. The third-order valence-corrected chi connectivity index (χ3v) is 6.82. The Labute approximate surface area is 190 Å². The van der Waals surface area contributed by atoms with Crippen LogP contribution >= 0.6 is 0 Å². The molecule has 0 spiro atoms. The molecule has 166 valence electrons. The Balaban J connectivity index is 1.37. The largest absolute Gasteiger partial charge is 0.481 e. The maximum atomic E-state index is 13.0. The molecule has 2 aromatic carbocycles. The molecule has 5 heteroatoms. The van der Waals surface area contributed by atoms with Crippen LogP contribution in [0.5, 0.6) is 5.75 Å². The lowest BCUT2D eigenvalue weighted by atomic mass is 10.00. The van der Waals surface area contributed by atoms with Crippen LogP contribution in [0, 0.1) is 0 Å². The van der Waals surface area contributed by atoms with E-state index in [2.05, 4.69) is 36.1 Å². The van der Waals surface area contributed by atoms with Gasteiger partial charge in [-0.05, 0) is 68.4 Å². The molecule has 1 unspecified atom stereocenters. The molecule has 0 aliphatic carbocycles. The Bertz CT molecular complexity index is 1110. The van der Waals surface area contributed by atoms with Crippen LogP contribution in [-0.2, 0) is 11.2 Å². The highest BCUT2D eigenvalue weighted by molar-refractivity contribution is 5.96. The van der Waals surface area contributed by atoms with Crippen LogP contribution in [0.2, 0.25) is 0 Å². The summed E-state index contributed by atoms with van der Waals surface area (Å²) in [4.78, 5) is 22.3. The third-order valence-electron chi connectivity index (χ3n) is 6.82. The minimum atomic E-state index is -0.00705. The van der Waals surface area contributed by atoms with Crippen molar-refractivity contribution in [3.8, 4) is 5.75 Å². The lowest BCUT2D eigenvalue weighted by Crippen LogP contribution is -2.39. The number of ether oxygens (including phenoxy) is 1. The lowest BCUT2D eigenvalue weighted by molar-refractivity contribution is -0.120. The Kier molecular flexibility index (Phi) is 5.97. The van der Waals surface area contributed by atoms with Crippen molar-refractivity contribution in [1.82, 2.24) is 4.98 Å². The molecule has 0 saturated carbocycles. The first-order chi connectivity index (χ1) is 15.7. The molecular weight excluding hydrogens is 398 g/mol. The normalized spacial score (nSPS) is 18.5. The van der Waals surface area contributed by atoms with Gasteiger partial charge in [0.05, 0.1) is 0 Å². The van der Waals surface area contributed by atoms with Gasteiger partial charge < -0.3 is 14.5 Å². The molecule has 1 atom stereocenters. The van der Waals surface area contributed by atoms with Crippen molar-refractivity contribution < 1.29 is 9.53 Å². The topological polar surface area (TPSA) is 45.7 Å². The summed E-state index contributed by atoms with van der Waals surface area (Å²) >= 11 is 0. The molecule has 1 fully saturated rings. The zero-order valence-corrected chi connectivity index (χ0v) is 18.8. The standard InChI is InChI=1S/C27H31N3O2/c1-2-22-12-5-6-17-29(22)25-16-15-21-10-7-14-24(27(21)28-25)32-19-26(31)30-18-8-11-20-9-3-4-13-23(20)30/h3-4,7,9-10,13-16,22H,2,5-6,8,11-12,17-19H2,1H3. The van der Waals surface area contributed by atoms with Crippen LogP contribution in [0.1, 0.15) is 44.6 Å². The highest BCUT2D eigenvalue weighted by Gasteiger charge is 2.24. The minimum absolute atomic E-state index is 0.00705. The second-order valence-corrected chi connectivity index (χ2v) is 8.81. The van der Waals surface area contributed by atoms with E-state index >= 15 is 0 Å². The average molecular weight is 430 g/mol. The molecule has 5 rings (SSSR count). The van der Waals surface area contributed by atoms with Crippen LogP contribution < -0.4 is 14.5 Å². The van der Waals surface area contributed by atoms with Gasteiger partial charge in [-0.1, -0.05) is 37.3 Å². The summed E-state index contributed by atoms with van der Waals surface area (Å²) in [5.74, 6) is 1.68. The van der Waals surface area contributed by atoms with E-state index in [1.807, 2.05) is 35.2 Å². The molecule has 3 aromatic rings. The van der Waals surface area contributed by atoms with E-state index in [4.69, 9.17) is 9.72 Å². The molecule has 1 amide bonds. The molecule has 32 heavy (non-hydrogen) atoms. The summed E-state index contributed by atoms with van der Waals surface area (Å²) < 4.78 is 6.07. The van der Waals surface area contributed by atoms with Crippen molar-refractivity contribution in [2.75, 3.05) is 29.5 Å². The first-order valence-corrected chi connectivity index (χ1v) is 11.9. The van der Waals surface area contributed by atoms with Crippen molar-refractivity contribution in [1.29, 1.82) is 0 Å². The van der Waals surface area contributed by atoms with E-state index in [9.17, 15) is 4.79 Å². The first kappa shape index (κ1) is 20.8. The number of para-hydroxylation sites is 2. The van der Waals surface area contributed by atoms with E-state index < -0.39 is 0 Å². The number of fused-ring (bicyclic) bond motifs is 2. The number of hydrogen-bond donors (Lipinski definition) is 0. The average Bonchev–Trinajstić information content (AvgIpc) is 2.86. The Morgan fingerprint density at radius 1 is 1.03 bits per heavy atom. The van der Waals surface area contributed by atoms with Crippen molar-refractivity contribution in [3.05, 3.63) is 60.2 Å². The number of piperidine rings is 1. The number of anilines is 2. The fourth-order valence-corrected chi connectivity index (χ4v) is 5.12. The Morgan fingerprint density at radius 2 is 1.94 bits per heavy atom. The molecule has 5 nitrogen and oxygen atoms in total. The van der Waals surface area contributed by atoms with E-state index in [0.717, 1.165) is 54.8 Å². The predicted octanol–water partition coefficient (Wildman–Crippen LogP) is 5.36. The minimum Gasteiger partial charge on any atom is -0.481 e. The number of aryl methyl sites for hydroxylation is 1. The van der Waals surface area contributed by atoms with Crippen LogP contribution in [-0.4, -0.2) is 36.6 Å². The van der Waals surface area contributed by atoms with Crippen LogP contribution in [0.3, 0.4) is 0 Å². The number of nitrogens with zero attached hydrogens (tertiary/aromatic N) is 3. The van der Waals surface area contributed by atoms with E-state index in [1.54, 1.807) is 0 Å². The zero-order chi connectivity index (χ0) is 21.9. The monoisotopic (exact) mass is 429 g/mol. The molecule has 2 aliphatic heterocycles. The summed E-state index contributed by atoms with van der Waals surface area (Å²) in [6, 6.07) is 18.9. The van der Waals surface area contributed by atoms with E-state index in [1.165, 1.54) is 24.8 Å². The second-order valence-electron chi connectivity index (χ2n) is 8.81. The van der Waals surface area contributed by atoms with Gasteiger partial charge in [0.1, 0.15) is 17.1 Å². The van der Waals surface area contributed by atoms with E-state index in [-0.39, 0.29) is 12.5 Å². The third kappa shape index (κ3) is 4.04. The number of amides is 1. The molecule has 3 heterocycles. The second kappa shape index (κ2) is 9.19. The van der Waals surface area contributed by atoms with Crippen LogP contribution in [0.25, 0.3) is 10.9 Å². The summed E-state index contributed by atoms with van der Waals surface area (Å²) in [5.41, 5.74) is 3.08. The van der Waals surface area contributed by atoms with Crippen LogP contribution in [0.15, 0.2) is 54.6 Å². The van der Waals surface area contributed by atoms with E-state index in [0.29, 0.717) is 11.8 Å². The van der Waals surface area contributed by atoms with Gasteiger partial charge in [-0.15, -0.1) is 0 Å². The summed E-state index contributed by atoms with van der Waals surface area (Å²) in [6.07, 6.45) is 6.85.